The molecule has 0 fully saturated rings. The summed E-state index contributed by atoms with van der Waals surface area (Å²) in [5, 5.41) is 4.56. The Morgan fingerprint density at radius 3 is 2.72 bits per heavy atom. The van der Waals surface area contributed by atoms with E-state index in [-0.39, 0.29) is 12.3 Å². The molecule has 2 N–H and O–H groups in total. The second-order valence-electron chi connectivity index (χ2n) is 3.85. The minimum atomic E-state index is 0.000688. The van der Waals surface area contributed by atoms with E-state index in [0.29, 0.717) is 10.2 Å². The molecule has 0 bridgehead atoms. The van der Waals surface area contributed by atoms with E-state index in [2.05, 4.69) is 4.98 Å². The van der Waals surface area contributed by atoms with Crippen molar-refractivity contribution < 1.29 is 4.79 Å². The minimum absolute atomic E-state index is 0.000688. The van der Waals surface area contributed by atoms with Crippen LogP contribution in [0.2, 0.25) is 5.02 Å². The van der Waals surface area contributed by atoms with Crippen LogP contribution in [0, 0.1) is 0 Å². The van der Waals surface area contributed by atoms with E-state index in [0.717, 1.165) is 11.3 Å². The lowest BCUT2D eigenvalue weighted by molar-refractivity contribution is -0.115. The molecule has 2 aromatic rings. The highest BCUT2D eigenvalue weighted by Crippen LogP contribution is 2.27. The average Bonchev–Trinajstić information content (AvgIpc) is 2.78. The zero-order valence-electron chi connectivity index (χ0n) is 9.76. The highest BCUT2D eigenvalue weighted by Gasteiger charge is 2.10. The number of anilines is 1. The van der Waals surface area contributed by atoms with Gasteiger partial charge in [-0.2, -0.15) is 0 Å². The molecular formula is C12H12ClN3OS. The molecule has 4 nitrogen and oxygen atoms in total. The van der Waals surface area contributed by atoms with Crippen LogP contribution in [0.1, 0.15) is 6.92 Å². The van der Waals surface area contributed by atoms with E-state index < -0.39 is 0 Å². The van der Waals surface area contributed by atoms with Crippen LogP contribution in [-0.4, -0.2) is 17.3 Å². The van der Waals surface area contributed by atoms with Gasteiger partial charge in [0.15, 0.2) is 5.78 Å². The Balaban J connectivity index is 2.19. The van der Waals surface area contributed by atoms with Gasteiger partial charge >= 0.3 is 0 Å². The number of Topliss-reactive ketones (excluding diaryl/α,β-unsaturated/α-hetero) is 1. The lowest BCUT2D eigenvalue weighted by Crippen LogP contribution is -2.35. The van der Waals surface area contributed by atoms with Crippen molar-refractivity contribution in [1.29, 1.82) is 0 Å². The lowest BCUT2D eigenvalue weighted by Gasteiger charge is -2.12. The summed E-state index contributed by atoms with van der Waals surface area (Å²) in [6.07, 6.45) is 0. The van der Waals surface area contributed by atoms with Crippen LogP contribution in [0.3, 0.4) is 0 Å². The summed E-state index contributed by atoms with van der Waals surface area (Å²) in [4.78, 5) is 15.4. The van der Waals surface area contributed by atoms with E-state index in [4.69, 9.17) is 17.4 Å². The van der Waals surface area contributed by atoms with E-state index in [9.17, 15) is 4.79 Å². The molecule has 0 unspecified atom stereocenters. The van der Waals surface area contributed by atoms with Crippen LogP contribution in [-0.2, 0) is 4.79 Å². The normalized spacial score (nSPS) is 10.4. The van der Waals surface area contributed by atoms with Crippen LogP contribution in [0.5, 0.6) is 0 Å². The molecule has 0 aliphatic rings. The fourth-order valence-corrected chi connectivity index (χ4v) is 2.34. The Labute approximate surface area is 114 Å². The SMILES string of the molecule is CC(=O)CN(N)c1nc(-c2ccc(Cl)cc2)cs1. The van der Waals surface area contributed by atoms with Crippen molar-refractivity contribution in [2.24, 2.45) is 5.84 Å². The van der Waals surface area contributed by atoms with Crippen molar-refractivity contribution in [2.75, 3.05) is 11.6 Å². The Kier molecular flexibility index (Phi) is 3.96. The zero-order chi connectivity index (χ0) is 13.1. The quantitative estimate of drug-likeness (QED) is 0.691. The molecule has 6 heteroatoms. The monoisotopic (exact) mass is 281 g/mol. The van der Waals surface area contributed by atoms with Gasteiger partial charge in [0.05, 0.1) is 12.2 Å². The number of thiazole rings is 1. The topological polar surface area (TPSA) is 59.2 Å². The molecule has 94 valence electrons. The van der Waals surface area contributed by atoms with Gasteiger partial charge in [0.2, 0.25) is 5.13 Å². The Hall–Kier alpha value is -1.43. The van der Waals surface area contributed by atoms with E-state index in [1.54, 1.807) is 0 Å². The van der Waals surface area contributed by atoms with E-state index >= 15 is 0 Å². The van der Waals surface area contributed by atoms with Crippen molar-refractivity contribution in [2.45, 2.75) is 6.92 Å². The maximum absolute atomic E-state index is 11.0. The Morgan fingerprint density at radius 2 is 2.11 bits per heavy atom. The zero-order valence-corrected chi connectivity index (χ0v) is 11.3. The van der Waals surface area contributed by atoms with Crippen molar-refractivity contribution in [3.05, 3.63) is 34.7 Å². The van der Waals surface area contributed by atoms with E-state index in [1.165, 1.54) is 23.3 Å². The summed E-state index contributed by atoms with van der Waals surface area (Å²) in [7, 11) is 0. The number of aromatic nitrogens is 1. The molecule has 0 amide bonds. The number of halogens is 1. The molecule has 0 saturated carbocycles. The maximum Gasteiger partial charge on any atom is 0.200 e. The van der Waals surface area contributed by atoms with Crippen LogP contribution >= 0.6 is 22.9 Å². The number of hydrogen-bond acceptors (Lipinski definition) is 5. The largest absolute Gasteiger partial charge is 0.298 e. The van der Waals surface area contributed by atoms with Gasteiger partial charge in [-0.25, -0.2) is 10.8 Å². The first-order valence-electron chi connectivity index (χ1n) is 5.29. The first-order chi connectivity index (χ1) is 8.56. The van der Waals surface area contributed by atoms with Gasteiger partial charge in [-0.1, -0.05) is 23.7 Å². The summed E-state index contributed by atoms with van der Waals surface area (Å²) in [5.74, 6) is 5.75. The standard InChI is InChI=1S/C12H12ClN3OS/c1-8(17)6-16(14)12-15-11(7-18-12)9-2-4-10(13)5-3-9/h2-5,7H,6,14H2,1H3. The molecule has 1 aromatic heterocycles. The van der Waals surface area contributed by atoms with Gasteiger partial charge < -0.3 is 0 Å². The van der Waals surface area contributed by atoms with Gasteiger partial charge in [-0.05, 0) is 19.1 Å². The fourth-order valence-electron chi connectivity index (χ4n) is 1.46. The molecule has 0 radical (unpaired) electrons. The van der Waals surface area contributed by atoms with Crippen LogP contribution in [0.15, 0.2) is 29.6 Å². The van der Waals surface area contributed by atoms with Crippen LogP contribution in [0.4, 0.5) is 5.13 Å². The molecule has 0 aliphatic heterocycles. The average molecular weight is 282 g/mol. The highest BCUT2D eigenvalue weighted by molar-refractivity contribution is 7.14. The minimum Gasteiger partial charge on any atom is -0.298 e. The number of benzene rings is 1. The highest BCUT2D eigenvalue weighted by atomic mass is 35.5. The Morgan fingerprint density at radius 1 is 1.44 bits per heavy atom. The fraction of sp³-hybridized carbons (Fsp3) is 0.167. The third-order valence-corrected chi connectivity index (χ3v) is 3.40. The number of hydrogen-bond donors (Lipinski definition) is 1. The number of nitrogens with zero attached hydrogens (tertiary/aromatic N) is 2. The molecule has 0 aliphatic carbocycles. The number of carbonyl (C=O) groups is 1. The van der Waals surface area contributed by atoms with E-state index in [1.807, 2.05) is 29.6 Å². The number of rotatable bonds is 4. The smallest absolute Gasteiger partial charge is 0.200 e. The Bertz CT molecular complexity index is 553. The number of hydrazine groups is 1. The van der Waals surface area contributed by atoms with Gasteiger partial charge in [0.1, 0.15) is 0 Å². The summed E-state index contributed by atoms with van der Waals surface area (Å²) < 4.78 is 0. The van der Waals surface area contributed by atoms with Gasteiger partial charge in [0.25, 0.3) is 0 Å². The molecular weight excluding hydrogens is 270 g/mol. The predicted octanol–water partition coefficient (Wildman–Crippen LogP) is 2.73. The molecule has 1 heterocycles. The van der Waals surface area contributed by atoms with Gasteiger partial charge in [0, 0.05) is 16.0 Å². The molecule has 0 atom stereocenters. The van der Waals surface area contributed by atoms with Crippen molar-refractivity contribution in [3.8, 4) is 11.3 Å². The van der Waals surface area contributed by atoms with Crippen LogP contribution in [0.25, 0.3) is 11.3 Å². The third kappa shape index (κ3) is 3.07. The van der Waals surface area contributed by atoms with Gasteiger partial charge in [-0.15, -0.1) is 11.3 Å². The molecule has 2 rings (SSSR count). The molecule has 0 saturated heterocycles. The summed E-state index contributed by atoms with van der Waals surface area (Å²) in [6.45, 7) is 1.65. The molecule has 18 heavy (non-hydrogen) atoms. The maximum atomic E-state index is 11.0. The summed E-state index contributed by atoms with van der Waals surface area (Å²) in [6, 6.07) is 7.41. The first kappa shape index (κ1) is 13.0. The predicted molar refractivity (Wildman–Crippen MR) is 74.8 cm³/mol. The van der Waals surface area contributed by atoms with Crippen molar-refractivity contribution >= 4 is 33.9 Å². The number of nitrogens with two attached hydrogens (primary N) is 1. The second kappa shape index (κ2) is 5.48. The molecule has 0 spiro atoms. The third-order valence-electron chi connectivity index (χ3n) is 2.27. The van der Waals surface area contributed by atoms with Crippen LogP contribution < -0.4 is 10.9 Å². The number of carbonyl (C=O) groups excluding carboxylic acids is 1. The van der Waals surface area contributed by atoms with Gasteiger partial charge in [-0.3, -0.25) is 9.80 Å². The van der Waals surface area contributed by atoms with Crippen molar-refractivity contribution in [1.82, 2.24) is 4.98 Å². The summed E-state index contributed by atoms with van der Waals surface area (Å²) >= 11 is 7.23. The summed E-state index contributed by atoms with van der Waals surface area (Å²) in [5.41, 5.74) is 1.80. The lowest BCUT2D eigenvalue weighted by atomic mass is 10.2. The second-order valence-corrected chi connectivity index (χ2v) is 5.13. The number of ketones is 1. The first-order valence-corrected chi connectivity index (χ1v) is 6.55. The molecule has 1 aromatic carbocycles. The van der Waals surface area contributed by atoms with Crippen molar-refractivity contribution in [3.63, 3.8) is 0 Å².